The van der Waals surface area contributed by atoms with Gasteiger partial charge in [-0.05, 0) is 65.3 Å². The second-order valence-corrected chi connectivity index (χ2v) is 13.5. The smallest absolute Gasteiger partial charge is 0.254 e. The summed E-state index contributed by atoms with van der Waals surface area (Å²) in [6.45, 7) is 6.34. The summed E-state index contributed by atoms with van der Waals surface area (Å²) in [6.07, 6.45) is 2.67. The molecule has 0 saturated heterocycles. The van der Waals surface area contributed by atoms with E-state index in [4.69, 9.17) is 28.9 Å². The number of carbonyl (C=O) groups excluding carboxylic acids is 3. The maximum absolute atomic E-state index is 14.8. The maximum Gasteiger partial charge on any atom is 0.254 e. The monoisotopic (exact) mass is 669 g/mol. The minimum atomic E-state index is -0.977. The van der Waals surface area contributed by atoms with E-state index in [2.05, 4.69) is 5.32 Å². The maximum atomic E-state index is 14.8. The fourth-order valence-electron chi connectivity index (χ4n) is 6.56. The van der Waals surface area contributed by atoms with Crippen molar-refractivity contribution in [1.29, 1.82) is 0 Å². The van der Waals surface area contributed by atoms with Crippen molar-refractivity contribution in [1.82, 2.24) is 5.32 Å². The molecule has 3 N–H and O–H groups in total. The standard InChI is InChI=1S/C39H41Cl2N3O3/c1-4-5-13-32(37(42)45)33(20-24(2)3)38(46)43-36-31-16-7-6-14-29(31)30-15-8-9-17-35(30)44(39(36)47)23-25-11-10-12-26(21-25)28-19-18-27(40)22-34(28)41/h6-12,14-19,21-22,24,32-33,36H,4-5,13,20,23H2,1-3H3,(H2,42,45)(H,43,46)/t32-,33+,36?/m0/s1. The number of halogens is 2. The minimum Gasteiger partial charge on any atom is -0.369 e. The van der Waals surface area contributed by atoms with Crippen molar-refractivity contribution in [2.45, 2.75) is 59.0 Å². The number of hydrogen-bond donors (Lipinski definition) is 2. The number of unbranched alkanes of at least 4 members (excludes halogenated alkanes) is 1. The fraction of sp³-hybridized carbons (Fsp3) is 0.308. The summed E-state index contributed by atoms with van der Waals surface area (Å²) in [4.78, 5) is 43.4. The number of hydrogen-bond acceptors (Lipinski definition) is 3. The number of amides is 3. The van der Waals surface area contributed by atoms with Crippen LogP contribution < -0.4 is 16.0 Å². The first-order valence-electron chi connectivity index (χ1n) is 16.2. The van der Waals surface area contributed by atoms with Crippen molar-refractivity contribution in [3.8, 4) is 22.3 Å². The van der Waals surface area contributed by atoms with Crippen LogP contribution in [0.4, 0.5) is 5.69 Å². The number of benzene rings is 4. The highest BCUT2D eigenvalue weighted by Gasteiger charge is 2.39. The van der Waals surface area contributed by atoms with Crippen molar-refractivity contribution in [2.24, 2.45) is 23.5 Å². The Labute approximate surface area is 287 Å². The molecule has 3 amide bonds. The van der Waals surface area contributed by atoms with Crippen LogP contribution in [0.5, 0.6) is 0 Å². The van der Waals surface area contributed by atoms with E-state index in [0.717, 1.165) is 46.3 Å². The molecular weight excluding hydrogens is 629 g/mol. The molecule has 5 rings (SSSR count). The van der Waals surface area contributed by atoms with Crippen LogP contribution in [0.15, 0.2) is 91.0 Å². The topological polar surface area (TPSA) is 92.5 Å². The van der Waals surface area contributed by atoms with Gasteiger partial charge in [-0.1, -0.05) is 124 Å². The van der Waals surface area contributed by atoms with Crippen LogP contribution in [0.3, 0.4) is 0 Å². The van der Waals surface area contributed by atoms with E-state index in [1.54, 1.807) is 17.0 Å². The van der Waals surface area contributed by atoms with Gasteiger partial charge in [0, 0.05) is 33.0 Å². The molecule has 4 aromatic rings. The Morgan fingerprint density at radius 1 is 0.872 bits per heavy atom. The third-order valence-electron chi connectivity index (χ3n) is 8.85. The van der Waals surface area contributed by atoms with Gasteiger partial charge < -0.3 is 16.0 Å². The first kappa shape index (κ1) is 34.2. The zero-order valence-electron chi connectivity index (χ0n) is 27.0. The van der Waals surface area contributed by atoms with Crippen LogP contribution >= 0.6 is 23.2 Å². The Balaban J connectivity index is 1.55. The first-order valence-corrected chi connectivity index (χ1v) is 17.0. The van der Waals surface area contributed by atoms with Crippen LogP contribution in [-0.4, -0.2) is 17.7 Å². The van der Waals surface area contributed by atoms with Gasteiger partial charge in [0.05, 0.1) is 12.2 Å². The number of rotatable bonds is 12. The molecule has 8 heteroatoms. The molecule has 4 aromatic carbocycles. The number of para-hydroxylation sites is 1. The predicted molar refractivity (Wildman–Crippen MR) is 191 cm³/mol. The molecule has 0 fully saturated rings. The first-order chi connectivity index (χ1) is 22.6. The third kappa shape index (κ3) is 7.72. The van der Waals surface area contributed by atoms with E-state index in [9.17, 15) is 14.4 Å². The summed E-state index contributed by atoms with van der Waals surface area (Å²) in [5.74, 6) is -2.21. The quantitative estimate of drug-likeness (QED) is 0.158. The van der Waals surface area contributed by atoms with Gasteiger partial charge in [0.1, 0.15) is 6.04 Å². The number of nitrogens with one attached hydrogen (secondary N) is 1. The minimum absolute atomic E-state index is 0.147. The molecule has 6 nitrogen and oxygen atoms in total. The van der Waals surface area contributed by atoms with Crippen molar-refractivity contribution >= 4 is 46.6 Å². The zero-order chi connectivity index (χ0) is 33.7. The van der Waals surface area contributed by atoms with Crippen LogP contribution in [0, 0.1) is 17.8 Å². The second kappa shape index (κ2) is 15.2. The van der Waals surface area contributed by atoms with E-state index in [0.29, 0.717) is 28.5 Å². The Bertz CT molecular complexity index is 1770. The lowest BCUT2D eigenvalue weighted by atomic mass is 9.81. The number of nitrogens with zero attached hydrogens (tertiary/aromatic N) is 1. The van der Waals surface area contributed by atoms with Crippen molar-refractivity contribution in [3.63, 3.8) is 0 Å². The van der Waals surface area contributed by atoms with Gasteiger partial charge in [0.25, 0.3) is 5.91 Å². The van der Waals surface area contributed by atoms with Gasteiger partial charge in [-0.15, -0.1) is 0 Å². The Morgan fingerprint density at radius 3 is 2.30 bits per heavy atom. The zero-order valence-corrected chi connectivity index (χ0v) is 28.5. The lowest BCUT2D eigenvalue weighted by Crippen LogP contribution is -2.47. The highest BCUT2D eigenvalue weighted by Crippen LogP contribution is 2.41. The van der Waals surface area contributed by atoms with Gasteiger partial charge in [-0.25, -0.2) is 0 Å². The lowest BCUT2D eigenvalue weighted by Gasteiger charge is -2.30. The van der Waals surface area contributed by atoms with Gasteiger partial charge in [0.2, 0.25) is 11.8 Å². The van der Waals surface area contributed by atoms with Gasteiger partial charge in [-0.3, -0.25) is 14.4 Å². The molecule has 0 bridgehead atoms. The number of anilines is 1. The van der Waals surface area contributed by atoms with Crippen molar-refractivity contribution in [2.75, 3.05) is 4.90 Å². The normalized spacial score (nSPS) is 15.4. The summed E-state index contributed by atoms with van der Waals surface area (Å²) in [5.41, 5.74) is 11.7. The Kier molecular flexibility index (Phi) is 11.1. The molecule has 0 spiro atoms. The second-order valence-electron chi connectivity index (χ2n) is 12.7. The van der Waals surface area contributed by atoms with Crippen LogP contribution in [0.1, 0.15) is 63.6 Å². The van der Waals surface area contributed by atoms with Gasteiger partial charge in [-0.2, -0.15) is 0 Å². The molecule has 1 heterocycles. The predicted octanol–water partition coefficient (Wildman–Crippen LogP) is 8.99. The molecule has 1 aliphatic rings. The molecule has 0 saturated carbocycles. The summed E-state index contributed by atoms with van der Waals surface area (Å²) in [6, 6.07) is 27.8. The van der Waals surface area contributed by atoms with Crippen LogP contribution in [0.25, 0.3) is 22.3 Å². The number of fused-ring (bicyclic) bond motifs is 3. The van der Waals surface area contributed by atoms with Gasteiger partial charge >= 0.3 is 0 Å². The fourth-order valence-corrected chi connectivity index (χ4v) is 7.08. The van der Waals surface area contributed by atoms with Crippen LogP contribution in [-0.2, 0) is 20.9 Å². The average molecular weight is 671 g/mol. The van der Waals surface area contributed by atoms with E-state index >= 15 is 0 Å². The molecular formula is C39H41Cl2N3O3. The number of primary amides is 1. The molecule has 47 heavy (non-hydrogen) atoms. The van der Waals surface area contributed by atoms with E-state index in [-0.39, 0.29) is 24.3 Å². The van der Waals surface area contributed by atoms with E-state index < -0.39 is 23.8 Å². The molecule has 1 unspecified atom stereocenters. The lowest BCUT2D eigenvalue weighted by molar-refractivity contribution is -0.136. The highest BCUT2D eigenvalue weighted by molar-refractivity contribution is 6.36. The van der Waals surface area contributed by atoms with Crippen LogP contribution in [0.2, 0.25) is 10.0 Å². The highest BCUT2D eigenvalue weighted by atomic mass is 35.5. The van der Waals surface area contributed by atoms with E-state index in [1.165, 1.54) is 0 Å². The molecule has 1 aliphatic heterocycles. The largest absolute Gasteiger partial charge is 0.369 e. The Hall–Kier alpha value is -4.13. The molecule has 0 aromatic heterocycles. The van der Waals surface area contributed by atoms with Gasteiger partial charge in [0.15, 0.2) is 0 Å². The number of carbonyl (C=O) groups is 3. The third-order valence-corrected chi connectivity index (χ3v) is 9.40. The number of nitrogens with two attached hydrogens (primary N) is 1. The van der Waals surface area contributed by atoms with Crippen molar-refractivity contribution in [3.05, 3.63) is 112 Å². The van der Waals surface area contributed by atoms with E-state index in [1.807, 2.05) is 99.6 Å². The molecule has 3 atom stereocenters. The Morgan fingerprint density at radius 2 is 1.60 bits per heavy atom. The summed E-state index contributed by atoms with van der Waals surface area (Å²) in [5, 5.41) is 4.20. The molecule has 0 aliphatic carbocycles. The summed E-state index contributed by atoms with van der Waals surface area (Å²) < 4.78 is 0. The van der Waals surface area contributed by atoms with Crippen molar-refractivity contribution < 1.29 is 14.4 Å². The SMILES string of the molecule is CCCC[C@H](C(N)=O)[C@@H](CC(C)C)C(=O)NC1C(=O)N(Cc2cccc(-c3ccc(Cl)cc3Cl)c2)c2ccccc2-c2ccccc21. The average Bonchev–Trinajstić information content (AvgIpc) is 3.13. The molecule has 0 radical (unpaired) electrons. The molecule has 244 valence electrons. The summed E-state index contributed by atoms with van der Waals surface area (Å²) >= 11 is 12.7. The summed E-state index contributed by atoms with van der Waals surface area (Å²) in [7, 11) is 0.